The van der Waals surface area contributed by atoms with Crippen LogP contribution in [0.25, 0.3) is 22.1 Å². The number of rotatable bonds is 2. The quantitative estimate of drug-likeness (QED) is 0.562. The Labute approximate surface area is 126 Å². The van der Waals surface area contributed by atoms with Crippen LogP contribution in [0.1, 0.15) is 0 Å². The smallest absolute Gasteiger partial charge is 0.344 e. The van der Waals surface area contributed by atoms with Crippen LogP contribution < -0.4 is 16.7 Å². The van der Waals surface area contributed by atoms with Crippen molar-refractivity contribution in [1.29, 1.82) is 0 Å². The van der Waals surface area contributed by atoms with E-state index in [1.54, 1.807) is 12.1 Å². The van der Waals surface area contributed by atoms with Crippen molar-refractivity contribution < 1.29 is 4.42 Å². The molecule has 1 aromatic heterocycles. The Morgan fingerprint density at radius 1 is 1.10 bits per heavy atom. The molecule has 5 heteroatoms. The molecule has 0 aliphatic heterocycles. The number of thiocarbonyl (C=S) groups is 1. The summed E-state index contributed by atoms with van der Waals surface area (Å²) in [6, 6.07) is 16.5. The third-order valence-electron chi connectivity index (χ3n) is 3.08. The van der Waals surface area contributed by atoms with Gasteiger partial charge in [0.1, 0.15) is 5.58 Å². The van der Waals surface area contributed by atoms with Gasteiger partial charge in [0.15, 0.2) is 5.11 Å². The average Bonchev–Trinajstić information content (AvgIpc) is 2.46. The highest BCUT2D eigenvalue weighted by molar-refractivity contribution is 7.80. The molecule has 0 atom stereocenters. The van der Waals surface area contributed by atoms with Crippen LogP contribution in [-0.4, -0.2) is 5.11 Å². The molecule has 0 aliphatic carbocycles. The summed E-state index contributed by atoms with van der Waals surface area (Å²) in [5.74, 6) is 0. The Hall–Kier alpha value is -2.66. The van der Waals surface area contributed by atoms with E-state index in [0.29, 0.717) is 11.1 Å². The fourth-order valence-corrected chi connectivity index (χ4v) is 2.29. The van der Waals surface area contributed by atoms with E-state index in [2.05, 4.69) is 5.32 Å². The van der Waals surface area contributed by atoms with Crippen molar-refractivity contribution in [2.75, 3.05) is 5.32 Å². The predicted molar refractivity (Wildman–Crippen MR) is 88.3 cm³/mol. The van der Waals surface area contributed by atoms with Crippen molar-refractivity contribution in [2.45, 2.75) is 0 Å². The highest BCUT2D eigenvalue weighted by Gasteiger charge is 2.08. The van der Waals surface area contributed by atoms with E-state index >= 15 is 0 Å². The van der Waals surface area contributed by atoms with Gasteiger partial charge in [0.05, 0.1) is 5.56 Å². The summed E-state index contributed by atoms with van der Waals surface area (Å²) < 4.78 is 5.34. The molecular formula is C16H12N2O2S. The molecule has 4 nitrogen and oxygen atoms in total. The molecule has 0 aliphatic rings. The van der Waals surface area contributed by atoms with Gasteiger partial charge >= 0.3 is 5.63 Å². The molecule has 0 unspecified atom stereocenters. The molecular weight excluding hydrogens is 284 g/mol. The maximum absolute atomic E-state index is 12.1. The van der Waals surface area contributed by atoms with Crippen LogP contribution >= 0.6 is 12.2 Å². The van der Waals surface area contributed by atoms with Gasteiger partial charge in [-0.3, -0.25) is 0 Å². The lowest BCUT2D eigenvalue weighted by Gasteiger charge is -2.07. The zero-order chi connectivity index (χ0) is 14.8. The van der Waals surface area contributed by atoms with Gasteiger partial charge in [-0.25, -0.2) is 4.79 Å². The molecule has 0 saturated carbocycles. The number of anilines is 1. The van der Waals surface area contributed by atoms with Crippen LogP contribution in [0.4, 0.5) is 5.69 Å². The molecule has 0 amide bonds. The molecule has 3 N–H and O–H groups in total. The third kappa shape index (κ3) is 2.78. The van der Waals surface area contributed by atoms with E-state index in [9.17, 15) is 4.79 Å². The van der Waals surface area contributed by atoms with E-state index in [1.807, 2.05) is 42.5 Å². The van der Waals surface area contributed by atoms with E-state index in [1.165, 1.54) is 0 Å². The van der Waals surface area contributed by atoms with Crippen LogP contribution in [0.3, 0.4) is 0 Å². The number of fused-ring (bicyclic) bond motifs is 1. The first-order valence-corrected chi connectivity index (χ1v) is 6.74. The van der Waals surface area contributed by atoms with Crippen LogP contribution in [0, 0.1) is 0 Å². The molecule has 3 rings (SSSR count). The van der Waals surface area contributed by atoms with Gasteiger partial charge in [0.2, 0.25) is 0 Å². The Morgan fingerprint density at radius 2 is 1.90 bits per heavy atom. The van der Waals surface area contributed by atoms with Crippen molar-refractivity contribution in [1.82, 2.24) is 0 Å². The zero-order valence-electron chi connectivity index (χ0n) is 11.0. The normalized spacial score (nSPS) is 10.5. The lowest BCUT2D eigenvalue weighted by Crippen LogP contribution is -2.18. The Kier molecular flexibility index (Phi) is 3.41. The minimum absolute atomic E-state index is 0.178. The van der Waals surface area contributed by atoms with Crippen LogP contribution in [-0.2, 0) is 0 Å². The van der Waals surface area contributed by atoms with Crippen molar-refractivity contribution in [2.24, 2.45) is 5.73 Å². The molecule has 0 saturated heterocycles. The van der Waals surface area contributed by atoms with Crippen LogP contribution in [0.2, 0.25) is 0 Å². The van der Waals surface area contributed by atoms with E-state index in [4.69, 9.17) is 22.4 Å². The maximum atomic E-state index is 12.1. The maximum Gasteiger partial charge on any atom is 0.344 e. The highest BCUT2D eigenvalue weighted by atomic mass is 32.1. The summed E-state index contributed by atoms with van der Waals surface area (Å²) in [6.45, 7) is 0. The van der Waals surface area contributed by atoms with Gasteiger partial charge in [-0.15, -0.1) is 0 Å². The van der Waals surface area contributed by atoms with E-state index in [0.717, 1.165) is 16.6 Å². The van der Waals surface area contributed by atoms with Gasteiger partial charge in [-0.05, 0) is 42.0 Å². The van der Waals surface area contributed by atoms with Crippen LogP contribution in [0.5, 0.6) is 0 Å². The summed E-state index contributed by atoms with van der Waals surface area (Å²) in [7, 11) is 0. The molecule has 2 aromatic carbocycles. The van der Waals surface area contributed by atoms with Gasteiger partial charge in [-0.2, -0.15) is 0 Å². The molecule has 0 radical (unpaired) electrons. The molecule has 104 valence electrons. The summed E-state index contributed by atoms with van der Waals surface area (Å²) in [5, 5.41) is 3.90. The van der Waals surface area contributed by atoms with Gasteiger partial charge in [0, 0.05) is 11.1 Å². The Morgan fingerprint density at radius 3 is 2.71 bits per heavy atom. The molecule has 0 spiro atoms. The fourth-order valence-electron chi connectivity index (χ4n) is 2.17. The number of benzene rings is 2. The fraction of sp³-hybridized carbons (Fsp3) is 0. The second-order valence-electron chi connectivity index (χ2n) is 4.56. The van der Waals surface area contributed by atoms with Crippen molar-refractivity contribution >= 4 is 34.0 Å². The highest BCUT2D eigenvalue weighted by Crippen LogP contribution is 2.23. The lowest BCUT2D eigenvalue weighted by molar-refractivity contribution is 0.563. The second kappa shape index (κ2) is 5.38. The SMILES string of the molecule is NC(=S)Nc1cccc(-c2cc3ccccc3oc2=O)c1. The minimum Gasteiger partial charge on any atom is -0.422 e. The standard InChI is InChI=1S/C16H12N2O2S/c17-16(21)18-12-6-3-5-10(8-12)13-9-11-4-1-2-7-14(11)20-15(13)19/h1-9H,(H3,17,18,21). The summed E-state index contributed by atoms with van der Waals surface area (Å²) >= 11 is 4.81. The number of nitrogens with two attached hydrogens (primary N) is 1. The second-order valence-corrected chi connectivity index (χ2v) is 5.00. The minimum atomic E-state index is -0.374. The molecule has 3 aromatic rings. The number of hydrogen-bond donors (Lipinski definition) is 2. The van der Waals surface area contributed by atoms with Crippen LogP contribution in [0.15, 0.2) is 63.8 Å². The van der Waals surface area contributed by atoms with E-state index in [-0.39, 0.29) is 10.7 Å². The number of nitrogens with one attached hydrogen (secondary N) is 1. The predicted octanol–water partition coefficient (Wildman–Crippen LogP) is 3.12. The molecule has 0 bridgehead atoms. The summed E-state index contributed by atoms with van der Waals surface area (Å²) in [5.41, 5.74) is 7.63. The topological polar surface area (TPSA) is 68.3 Å². The monoisotopic (exact) mass is 296 g/mol. The number of para-hydroxylation sites is 1. The first-order chi connectivity index (χ1) is 10.1. The Balaban J connectivity index is 2.13. The third-order valence-corrected chi connectivity index (χ3v) is 3.18. The van der Waals surface area contributed by atoms with E-state index < -0.39 is 0 Å². The van der Waals surface area contributed by atoms with Gasteiger partial charge in [-0.1, -0.05) is 30.3 Å². The average molecular weight is 296 g/mol. The summed E-state index contributed by atoms with van der Waals surface area (Å²) in [6.07, 6.45) is 0. The Bertz CT molecular complexity index is 887. The summed E-state index contributed by atoms with van der Waals surface area (Å²) in [4.78, 5) is 12.1. The number of hydrogen-bond acceptors (Lipinski definition) is 3. The van der Waals surface area contributed by atoms with Crippen molar-refractivity contribution in [3.63, 3.8) is 0 Å². The van der Waals surface area contributed by atoms with Gasteiger partial charge in [0.25, 0.3) is 0 Å². The first kappa shape index (κ1) is 13.3. The zero-order valence-corrected chi connectivity index (χ0v) is 11.8. The van der Waals surface area contributed by atoms with Crippen molar-refractivity contribution in [3.05, 3.63) is 65.0 Å². The largest absolute Gasteiger partial charge is 0.422 e. The lowest BCUT2D eigenvalue weighted by atomic mass is 10.1. The van der Waals surface area contributed by atoms with Crippen molar-refractivity contribution in [3.8, 4) is 11.1 Å². The van der Waals surface area contributed by atoms with Gasteiger partial charge < -0.3 is 15.5 Å². The molecule has 1 heterocycles. The molecule has 0 fully saturated rings. The molecule has 21 heavy (non-hydrogen) atoms. The first-order valence-electron chi connectivity index (χ1n) is 6.33.